The molecule has 2 aromatic rings. The number of anilines is 1. The van der Waals surface area contributed by atoms with Crippen LogP contribution in [0.2, 0.25) is 0 Å². The molecule has 3 N–H and O–H groups in total. The third-order valence-corrected chi connectivity index (χ3v) is 6.00. The highest BCUT2D eigenvalue weighted by atomic mass is 32.1. The first-order chi connectivity index (χ1) is 16.6. The molecular weight excluding hydrogens is 521 g/mol. The minimum absolute atomic E-state index is 0.0317. The van der Waals surface area contributed by atoms with Gasteiger partial charge in [-0.1, -0.05) is 25.0 Å². The van der Waals surface area contributed by atoms with Crippen molar-refractivity contribution in [2.24, 2.45) is 0 Å². The van der Waals surface area contributed by atoms with E-state index in [4.69, 9.17) is 12.2 Å². The van der Waals surface area contributed by atoms with Gasteiger partial charge in [0.05, 0.1) is 16.7 Å². The van der Waals surface area contributed by atoms with Gasteiger partial charge in [-0.25, -0.2) is 0 Å². The number of hydrogen-bond donors (Lipinski definition) is 3. The summed E-state index contributed by atoms with van der Waals surface area (Å²) in [6.45, 7) is 0.268. The first kappa shape index (κ1) is 28.0. The molecule has 13 heteroatoms. The smallest absolute Gasteiger partial charge is 0.358 e. The Kier molecular flexibility index (Phi) is 8.44. The Morgan fingerprint density at radius 3 is 1.72 bits per heavy atom. The molecule has 1 aliphatic carbocycles. The molecule has 1 saturated carbocycles. The van der Waals surface area contributed by atoms with E-state index in [1.165, 1.54) is 12.1 Å². The van der Waals surface area contributed by atoms with Crippen molar-refractivity contribution >= 4 is 23.0 Å². The highest BCUT2D eigenvalue weighted by molar-refractivity contribution is 7.80. The molecule has 2 atom stereocenters. The zero-order valence-corrected chi connectivity index (χ0v) is 19.4. The zero-order valence-electron chi connectivity index (χ0n) is 18.5. The second kappa shape index (κ2) is 10.8. The van der Waals surface area contributed by atoms with Gasteiger partial charge < -0.3 is 16.0 Å². The summed E-state index contributed by atoms with van der Waals surface area (Å²) in [6, 6.07) is 5.35. The SMILES string of the molecule is FC(F)(F)c1ccc(CN[C@@H]2CCCC[C@H]2NC(=S)Nc2cc(C(F)(F)F)cc(C(F)(F)F)c2)cc1. The monoisotopic (exact) mass is 543 g/mol. The zero-order chi connectivity index (χ0) is 26.7. The summed E-state index contributed by atoms with van der Waals surface area (Å²) < 4.78 is 117. The fourth-order valence-electron chi connectivity index (χ4n) is 3.97. The molecule has 0 bridgehead atoms. The molecule has 0 spiro atoms. The molecule has 2 aromatic carbocycles. The lowest BCUT2D eigenvalue weighted by molar-refractivity contribution is -0.143. The lowest BCUT2D eigenvalue weighted by Gasteiger charge is -2.34. The molecule has 36 heavy (non-hydrogen) atoms. The van der Waals surface area contributed by atoms with Gasteiger partial charge in [0.15, 0.2) is 5.11 Å². The van der Waals surface area contributed by atoms with E-state index in [-0.39, 0.29) is 29.8 Å². The molecule has 0 aromatic heterocycles. The van der Waals surface area contributed by atoms with Crippen molar-refractivity contribution in [3.8, 4) is 0 Å². The third kappa shape index (κ3) is 7.73. The molecule has 3 nitrogen and oxygen atoms in total. The summed E-state index contributed by atoms with van der Waals surface area (Å²) in [4.78, 5) is 0. The Bertz CT molecular complexity index is 1010. The van der Waals surface area contributed by atoms with Gasteiger partial charge in [0.25, 0.3) is 0 Å². The number of benzene rings is 2. The highest BCUT2D eigenvalue weighted by Crippen LogP contribution is 2.37. The van der Waals surface area contributed by atoms with E-state index in [9.17, 15) is 39.5 Å². The van der Waals surface area contributed by atoms with Crippen molar-refractivity contribution in [1.29, 1.82) is 0 Å². The first-order valence-electron chi connectivity index (χ1n) is 10.9. The summed E-state index contributed by atoms with van der Waals surface area (Å²) in [5.41, 5.74) is -3.52. The summed E-state index contributed by atoms with van der Waals surface area (Å²) in [7, 11) is 0. The van der Waals surface area contributed by atoms with Crippen LogP contribution in [-0.2, 0) is 25.1 Å². The van der Waals surface area contributed by atoms with Crippen LogP contribution in [-0.4, -0.2) is 17.2 Å². The van der Waals surface area contributed by atoms with Gasteiger partial charge in [-0.05, 0) is 61.0 Å². The van der Waals surface area contributed by atoms with Crippen LogP contribution < -0.4 is 16.0 Å². The van der Waals surface area contributed by atoms with E-state index in [0.29, 0.717) is 30.5 Å². The highest BCUT2D eigenvalue weighted by Gasteiger charge is 2.37. The van der Waals surface area contributed by atoms with E-state index in [1.807, 2.05) is 0 Å². The Balaban J connectivity index is 1.65. The van der Waals surface area contributed by atoms with Crippen LogP contribution in [0.15, 0.2) is 42.5 Å². The molecular formula is C23H22F9N3S. The Hall–Kier alpha value is -2.54. The van der Waals surface area contributed by atoms with E-state index >= 15 is 0 Å². The van der Waals surface area contributed by atoms with Crippen molar-refractivity contribution in [2.75, 3.05) is 5.32 Å². The Morgan fingerprint density at radius 2 is 1.22 bits per heavy atom. The molecule has 0 heterocycles. The van der Waals surface area contributed by atoms with Crippen molar-refractivity contribution in [3.63, 3.8) is 0 Å². The van der Waals surface area contributed by atoms with Gasteiger partial charge in [0.1, 0.15) is 0 Å². The normalized spacial score (nSPS) is 19.1. The lowest BCUT2D eigenvalue weighted by atomic mass is 9.90. The topological polar surface area (TPSA) is 36.1 Å². The minimum atomic E-state index is -4.98. The second-order valence-corrected chi connectivity index (χ2v) is 8.87. The van der Waals surface area contributed by atoms with Crippen molar-refractivity contribution in [2.45, 2.75) is 62.8 Å². The van der Waals surface area contributed by atoms with Crippen molar-refractivity contribution in [3.05, 3.63) is 64.7 Å². The van der Waals surface area contributed by atoms with Crippen molar-refractivity contribution < 1.29 is 39.5 Å². The standard InChI is InChI=1S/C23H22F9N3S/c24-21(25,26)14-7-5-13(6-8-14)12-33-18-3-1-2-4-19(18)35-20(36)34-17-10-15(22(27,28)29)9-16(11-17)23(30,31)32/h5-11,18-19,33H,1-4,12H2,(H2,34,35,36)/t18-,19-/m1/s1. The van der Waals surface area contributed by atoms with Gasteiger partial charge >= 0.3 is 18.5 Å². The van der Waals surface area contributed by atoms with E-state index in [1.54, 1.807) is 0 Å². The van der Waals surface area contributed by atoms with Crippen LogP contribution in [0.4, 0.5) is 45.2 Å². The second-order valence-electron chi connectivity index (χ2n) is 8.47. The van der Waals surface area contributed by atoms with Crippen LogP contribution in [0, 0.1) is 0 Å². The quantitative estimate of drug-likeness (QED) is 0.277. The molecule has 0 aliphatic heterocycles. The van der Waals surface area contributed by atoms with Crippen LogP contribution in [0.25, 0.3) is 0 Å². The molecule has 0 saturated heterocycles. The predicted molar refractivity (Wildman–Crippen MR) is 120 cm³/mol. The molecule has 1 aliphatic rings. The maximum Gasteiger partial charge on any atom is 0.416 e. The van der Waals surface area contributed by atoms with Gasteiger partial charge in [-0.2, -0.15) is 39.5 Å². The number of nitrogens with one attached hydrogen (secondary N) is 3. The number of alkyl halides is 9. The Morgan fingerprint density at radius 1 is 0.722 bits per heavy atom. The minimum Gasteiger partial charge on any atom is -0.358 e. The summed E-state index contributed by atoms with van der Waals surface area (Å²) >= 11 is 5.15. The molecule has 0 unspecified atom stereocenters. The van der Waals surface area contributed by atoms with E-state index in [2.05, 4.69) is 16.0 Å². The molecule has 1 fully saturated rings. The fourth-order valence-corrected chi connectivity index (χ4v) is 4.24. The maximum atomic E-state index is 13.1. The van der Waals surface area contributed by atoms with Crippen LogP contribution in [0.1, 0.15) is 47.9 Å². The molecule has 3 rings (SSSR count). The van der Waals surface area contributed by atoms with Crippen LogP contribution in [0.5, 0.6) is 0 Å². The molecule has 0 amide bonds. The van der Waals surface area contributed by atoms with Gasteiger partial charge in [0, 0.05) is 24.3 Å². The summed E-state index contributed by atoms with van der Waals surface area (Å²) in [5, 5.41) is 8.46. The lowest BCUT2D eigenvalue weighted by Crippen LogP contribution is -2.52. The van der Waals surface area contributed by atoms with Crippen LogP contribution >= 0.6 is 12.2 Å². The average molecular weight is 543 g/mol. The fraction of sp³-hybridized carbons (Fsp3) is 0.435. The van der Waals surface area contributed by atoms with Gasteiger partial charge in [-0.3, -0.25) is 0 Å². The maximum absolute atomic E-state index is 13.1. The van der Waals surface area contributed by atoms with Gasteiger partial charge in [-0.15, -0.1) is 0 Å². The summed E-state index contributed by atoms with van der Waals surface area (Å²) in [5.74, 6) is 0. The first-order valence-corrected chi connectivity index (χ1v) is 11.3. The molecule has 198 valence electrons. The Labute approximate surface area is 206 Å². The summed E-state index contributed by atoms with van der Waals surface area (Å²) in [6.07, 6.45) is -11.4. The third-order valence-electron chi connectivity index (χ3n) is 5.78. The van der Waals surface area contributed by atoms with E-state index in [0.717, 1.165) is 25.0 Å². The number of hydrogen-bond acceptors (Lipinski definition) is 2. The molecule has 0 radical (unpaired) electrons. The number of thiocarbonyl (C=S) groups is 1. The number of halogens is 9. The predicted octanol–water partition coefficient (Wildman–Crippen LogP) is 7.13. The van der Waals surface area contributed by atoms with Crippen LogP contribution in [0.3, 0.4) is 0 Å². The van der Waals surface area contributed by atoms with Gasteiger partial charge in [0.2, 0.25) is 0 Å². The largest absolute Gasteiger partial charge is 0.416 e. The van der Waals surface area contributed by atoms with E-state index < -0.39 is 40.9 Å². The number of rotatable bonds is 5. The average Bonchev–Trinajstić information content (AvgIpc) is 2.77. The van der Waals surface area contributed by atoms with Crippen molar-refractivity contribution in [1.82, 2.24) is 10.6 Å².